The summed E-state index contributed by atoms with van der Waals surface area (Å²) in [5.74, 6) is -0.00417. The Balaban J connectivity index is 2.24. The molecule has 5 heteroatoms. The van der Waals surface area contributed by atoms with Crippen molar-refractivity contribution in [2.75, 3.05) is 13.1 Å². The van der Waals surface area contributed by atoms with Crippen LogP contribution in [0.1, 0.15) is 25.3 Å². The molecule has 1 aromatic carbocycles. The third-order valence-corrected chi connectivity index (χ3v) is 4.15. The molecule has 0 bridgehead atoms. The first kappa shape index (κ1) is 13.5. The molecule has 1 aromatic rings. The molecule has 1 aliphatic heterocycles. The van der Waals surface area contributed by atoms with Crippen molar-refractivity contribution in [2.45, 2.75) is 31.8 Å². The molecule has 0 spiro atoms. The van der Waals surface area contributed by atoms with Crippen LogP contribution in [0.2, 0.25) is 0 Å². The summed E-state index contributed by atoms with van der Waals surface area (Å²) in [5, 5.41) is 11.2. The first-order valence-corrected chi connectivity index (χ1v) is 6.91. The lowest BCUT2D eigenvalue weighted by atomic mass is 9.95. The zero-order valence-electron chi connectivity index (χ0n) is 10.5. The van der Waals surface area contributed by atoms with Gasteiger partial charge in [0.05, 0.1) is 12.5 Å². The normalized spacial score (nSPS) is 24.7. The SMILES string of the molecule is CC(C)N1CC(c2ccc(Br)cc2)C([N+](=O)[O-])C1. The Morgan fingerprint density at radius 2 is 1.94 bits per heavy atom. The number of likely N-dealkylation sites (tertiary alicyclic amines) is 1. The summed E-state index contributed by atoms with van der Waals surface area (Å²) >= 11 is 3.39. The van der Waals surface area contributed by atoms with Gasteiger partial charge in [0.2, 0.25) is 6.04 Å². The Kier molecular flexibility index (Phi) is 4.02. The van der Waals surface area contributed by atoms with Crippen LogP contribution >= 0.6 is 15.9 Å². The largest absolute Gasteiger partial charge is 0.293 e. The maximum atomic E-state index is 11.2. The number of nitro groups is 1. The molecule has 0 aliphatic carbocycles. The second kappa shape index (κ2) is 5.36. The molecule has 0 N–H and O–H groups in total. The van der Waals surface area contributed by atoms with E-state index in [4.69, 9.17) is 0 Å². The van der Waals surface area contributed by atoms with Crippen molar-refractivity contribution in [1.82, 2.24) is 4.90 Å². The first-order valence-electron chi connectivity index (χ1n) is 6.12. The number of benzene rings is 1. The van der Waals surface area contributed by atoms with Crippen LogP contribution in [0.3, 0.4) is 0 Å². The first-order chi connectivity index (χ1) is 8.49. The minimum Gasteiger partial charge on any atom is -0.293 e. The number of nitrogens with zero attached hydrogens (tertiary/aromatic N) is 2. The number of hydrogen-bond acceptors (Lipinski definition) is 3. The molecule has 18 heavy (non-hydrogen) atoms. The van der Waals surface area contributed by atoms with Crippen LogP contribution < -0.4 is 0 Å². The summed E-state index contributed by atoms with van der Waals surface area (Å²) in [5.41, 5.74) is 1.06. The molecule has 98 valence electrons. The molecule has 0 aromatic heterocycles. The smallest absolute Gasteiger partial charge is 0.233 e. The molecule has 1 heterocycles. The standard InChI is InChI=1S/C13H17BrN2O2/c1-9(2)15-7-12(13(8-15)16(17)18)10-3-5-11(14)6-4-10/h3-6,9,12-13H,7-8H2,1-2H3. The Bertz CT molecular complexity index is 433. The highest BCUT2D eigenvalue weighted by Crippen LogP contribution is 2.31. The van der Waals surface area contributed by atoms with Crippen molar-refractivity contribution in [3.63, 3.8) is 0 Å². The highest BCUT2D eigenvalue weighted by Gasteiger charge is 2.42. The average molecular weight is 313 g/mol. The summed E-state index contributed by atoms with van der Waals surface area (Å²) in [7, 11) is 0. The molecule has 1 fully saturated rings. The van der Waals surface area contributed by atoms with Gasteiger partial charge in [-0.25, -0.2) is 0 Å². The Morgan fingerprint density at radius 3 is 2.44 bits per heavy atom. The van der Waals surface area contributed by atoms with Crippen molar-refractivity contribution < 1.29 is 4.92 Å². The predicted molar refractivity (Wildman–Crippen MR) is 74.4 cm³/mol. The maximum Gasteiger partial charge on any atom is 0.233 e. The van der Waals surface area contributed by atoms with Gasteiger partial charge in [0, 0.05) is 22.0 Å². The fourth-order valence-electron chi connectivity index (χ4n) is 2.49. The van der Waals surface area contributed by atoms with Crippen molar-refractivity contribution in [2.24, 2.45) is 0 Å². The van der Waals surface area contributed by atoms with E-state index >= 15 is 0 Å². The second-order valence-electron chi connectivity index (χ2n) is 5.06. The Labute approximate surface area is 115 Å². The predicted octanol–water partition coefficient (Wildman–Crippen LogP) is 2.90. The third-order valence-electron chi connectivity index (χ3n) is 3.62. The van der Waals surface area contributed by atoms with E-state index in [-0.39, 0.29) is 10.8 Å². The zero-order valence-corrected chi connectivity index (χ0v) is 12.1. The molecule has 0 saturated carbocycles. The molecule has 0 amide bonds. The summed E-state index contributed by atoms with van der Waals surface area (Å²) in [4.78, 5) is 13.2. The van der Waals surface area contributed by atoms with Gasteiger partial charge in [0.15, 0.2) is 0 Å². The zero-order chi connectivity index (χ0) is 13.3. The fourth-order valence-corrected chi connectivity index (χ4v) is 2.75. The van der Waals surface area contributed by atoms with Crippen LogP contribution in [0, 0.1) is 10.1 Å². The van der Waals surface area contributed by atoms with E-state index < -0.39 is 6.04 Å². The van der Waals surface area contributed by atoms with Gasteiger partial charge in [-0.1, -0.05) is 28.1 Å². The third kappa shape index (κ3) is 2.72. The molecule has 4 nitrogen and oxygen atoms in total. The Morgan fingerprint density at radius 1 is 1.33 bits per heavy atom. The summed E-state index contributed by atoms with van der Waals surface area (Å²) in [6.45, 7) is 5.48. The van der Waals surface area contributed by atoms with Crippen molar-refractivity contribution in [1.29, 1.82) is 0 Å². The van der Waals surface area contributed by atoms with E-state index in [1.54, 1.807) is 0 Å². The van der Waals surface area contributed by atoms with E-state index in [1.807, 2.05) is 24.3 Å². The van der Waals surface area contributed by atoms with Crippen molar-refractivity contribution >= 4 is 15.9 Å². The van der Waals surface area contributed by atoms with Crippen molar-refractivity contribution in [3.8, 4) is 0 Å². The fraction of sp³-hybridized carbons (Fsp3) is 0.538. The molecular weight excluding hydrogens is 296 g/mol. The van der Waals surface area contributed by atoms with Gasteiger partial charge in [0.25, 0.3) is 0 Å². The monoisotopic (exact) mass is 312 g/mol. The van der Waals surface area contributed by atoms with Gasteiger partial charge in [0.1, 0.15) is 0 Å². The van der Waals surface area contributed by atoms with Crippen LogP contribution in [0.4, 0.5) is 0 Å². The van der Waals surface area contributed by atoms with Gasteiger partial charge in [-0.2, -0.15) is 0 Å². The lowest BCUT2D eigenvalue weighted by Gasteiger charge is -2.19. The van der Waals surface area contributed by atoms with Gasteiger partial charge in [-0.3, -0.25) is 15.0 Å². The second-order valence-corrected chi connectivity index (χ2v) is 5.97. The van der Waals surface area contributed by atoms with Crippen molar-refractivity contribution in [3.05, 3.63) is 44.4 Å². The van der Waals surface area contributed by atoms with E-state index in [2.05, 4.69) is 34.7 Å². The number of hydrogen-bond donors (Lipinski definition) is 0. The van der Waals surface area contributed by atoms with Crippen LogP contribution in [0.25, 0.3) is 0 Å². The van der Waals surface area contributed by atoms with E-state index in [1.165, 1.54) is 0 Å². The molecule has 0 radical (unpaired) electrons. The molecule has 1 saturated heterocycles. The summed E-state index contributed by atoms with van der Waals surface area (Å²) in [6.07, 6.45) is 0. The van der Waals surface area contributed by atoms with Crippen LogP contribution in [-0.2, 0) is 0 Å². The van der Waals surface area contributed by atoms with Gasteiger partial charge < -0.3 is 0 Å². The van der Waals surface area contributed by atoms with E-state index in [0.29, 0.717) is 12.6 Å². The molecule has 1 aliphatic rings. The minimum absolute atomic E-state index is 0.00417. The summed E-state index contributed by atoms with van der Waals surface area (Å²) in [6, 6.07) is 7.72. The quantitative estimate of drug-likeness (QED) is 0.637. The lowest BCUT2D eigenvalue weighted by Crippen LogP contribution is -2.31. The van der Waals surface area contributed by atoms with Gasteiger partial charge >= 0.3 is 0 Å². The molecule has 2 unspecified atom stereocenters. The number of halogens is 1. The lowest BCUT2D eigenvalue weighted by molar-refractivity contribution is -0.521. The van der Waals surface area contributed by atoms with Crippen LogP contribution in [0.15, 0.2) is 28.7 Å². The van der Waals surface area contributed by atoms with E-state index in [0.717, 1.165) is 16.6 Å². The highest BCUT2D eigenvalue weighted by molar-refractivity contribution is 9.10. The molecular formula is C13H17BrN2O2. The summed E-state index contributed by atoms with van der Waals surface area (Å²) < 4.78 is 1.00. The van der Waals surface area contributed by atoms with E-state index in [9.17, 15) is 10.1 Å². The van der Waals surface area contributed by atoms with Gasteiger partial charge in [-0.05, 0) is 31.5 Å². The minimum atomic E-state index is -0.492. The number of rotatable bonds is 3. The van der Waals surface area contributed by atoms with Crippen LogP contribution in [0.5, 0.6) is 0 Å². The topological polar surface area (TPSA) is 46.4 Å². The average Bonchev–Trinajstić information content (AvgIpc) is 2.75. The maximum absolute atomic E-state index is 11.2. The Hall–Kier alpha value is -0.940. The molecule has 2 atom stereocenters. The van der Waals surface area contributed by atoms with Gasteiger partial charge in [-0.15, -0.1) is 0 Å². The highest BCUT2D eigenvalue weighted by atomic mass is 79.9. The molecule has 2 rings (SSSR count). The van der Waals surface area contributed by atoms with Crippen LogP contribution in [-0.4, -0.2) is 35.0 Å².